The summed E-state index contributed by atoms with van der Waals surface area (Å²) in [5.41, 5.74) is 2.37. The third kappa shape index (κ3) is 2.68. The van der Waals surface area contributed by atoms with Gasteiger partial charge in [0.1, 0.15) is 5.54 Å². The minimum atomic E-state index is -1.03. The maximum atomic E-state index is 14.2. The number of carbonyl (C=O) groups is 2. The number of halogens is 1. The number of Topliss-reactive ketones (excluding diaryl/α,β-unsaturated/α-hetero) is 1. The van der Waals surface area contributed by atoms with Gasteiger partial charge in [-0.3, -0.25) is 14.5 Å². The first-order chi connectivity index (χ1) is 15.6. The first-order valence-electron chi connectivity index (χ1n) is 10.7. The molecule has 0 unspecified atom stereocenters. The van der Waals surface area contributed by atoms with E-state index in [0.717, 1.165) is 28.4 Å². The van der Waals surface area contributed by atoms with Crippen molar-refractivity contribution >= 4 is 40.7 Å². The van der Waals surface area contributed by atoms with Gasteiger partial charge in [-0.2, -0.15) is 0 Å². The van der Waals surface area contributed by atoms with Crippen LogP contribution in [-0.2, 0) is 10.3 Å². The smallest absolute Gasteiger partial charge is 0.250 e. The van der Waals surface area contributed by atoms with E-state index in [9.17, 15) is 9.59 Å². The molecule has 2 fully saturated rings. The Morgan fingerprint density at radius 2 is 1.72 bits per heavy atom. The highest BCUT2D eigenvalue weighted by Gasteiger charge is 2.69. The molecule has 1 N–H and O–H groups in total. The minimum absolute atomic E-state index is 0.0109. The lowest BCUT2D eigenvalue weighted by Crippen LogP contribution is -2.52. The number of carbonyl (C=O) groups excluding carboxylic acids is 2. The van der Waals surface area contributed by atoms with Crippen LogP contribution in [-0.4, -0.2) is 34.3 Å². The number of rotatable bonds is 3. The van der Waals surface area contributed by atoms with Crippen molar-refractivity contribution in [2.45, 2.75) is 17.5 Å². The molecule has 160 valence electrons. The van der Waals surface area contributed by atoms with Crippen LogP contribution in [0.3, 0.4) is 0 Å². The second kappa shape index (κ2) is 7.48. The number of amides is 1. The molecule has 3 heterocycles. The molecular weight excluding hydrogens is 440 g/mol. The Morgan fingerprint density at radius 1 is 1.00 bits per heavy atom. The van der Waals surface area contributed by atoms with E-state index in [2.05, 4.69) is 10.2 Å². The standard InChI is InChI=1S/C26H21ClN2O2S/c27-18-12-10-16(11-13-18)22-21-14-32-15-29(21)26(19-8-4-5-9-20(19)28-25(26)31)23(22)24(30)17-6-2-1-3-7-17/h1-13,21-23H,14-15H2,(H,28,31)/t21-,22-,23+,26-/m1/s1. The van der Waals surface area contributed by atoms with Gasteiger partial charge in [-0.05, 0) is 23.8 Å². The van der Waals surface area contributed by atoms with E-state index in [4.69, 9.17) is 11.6 Å². The summed E-state index contributed by atoms with van der Waals surface area (Å²) in [6.07, 6.45) is 0. The Labute approximate surface area is 196 Å². The van der Waals surface area contributed by atoms with Gasteiger partial charge in [-0.1, -0.05) is 72.3 Å². The summed E-state index contributed by atoms with van der Waals surface area (Å²) >= 11 is 8.01. The van der Waals surface area contributed by atoms with E-state index in [1.807, 2.05) is 90.6 Å². The molecule has 32 heavy (non-hydrogen) atoms. The molecule has 1 amide bonds. The Bertz CT molecular complexity index is 1220. The molecule has 0 aromatic heterocycles. The van der Waals surface area contributed by atoms with Crippen LogP contribution < -0.4 is 5.32 Å². The highest BCUT2D eigenvalue weighted by molar-refractivity contribution is 7.99. The molecule has 6 heteroatoms. The molecule has 1 spiro atoms. The average Bonchev–Trinajstić information content (AvgIpc) is 3.48. The van der Waals surface area contributed by atoms with Crippen LogP contribution in [0.1, 0.15) is 27.4 Å². The van der Waals surface area contributed by atoms with Crippen LogP contribution in [0, 0.1) is 5.92 Å². The molecule has 4 nitrogen and oxygen atoms in total. The maximum absolute atomic E-state index is 14.2. The van der Waals surface area contributed by atoms with Gasteiger partial charge in [0, 0.05) is 45.4 Å². The van der Waals surface area contributed by atoms with Crippen molar-refractivity contribution in [1.82, 2.24) is 4.90 Å². The summed E-state index contributed by atoms with van der Waals surface area (Å²) in [4.78, 5) is 30.3. The van der Waals surface area contributed by atoms with Crippen molar-refractivity contribution in [3.63, 3.8) is 0 Å². The van der Waals surface area contributed by atoms with Gasteiger partial charge in [-0.25, -0.2) is 0 Å². The van der Waals surface area contributed by atoms with Gasteiger partial charge in [0.15, 0.2) is 5.78 Å². The number of benzene rings is 3. The van der Waals surface area contributed by atoms with Gasteiger partial charge >= 0.3 is 0 Å². The molecule has 3 aromatic carbocycles. The topological polar surface area (TPSA) is 49.4 Å². The number of hydrogen-bond donors (Lipinski definition) is 1. The number of hydrogen-bond acceptors (Lipinski definition) is 4. The quantitative estimate of drug-likeness (QED) is 0.548. The third-order valence-electron chi connectivity index (χ3n) is 7.12. The van der Waals surface area contributed by atoms with Crippen molar-refractivity contribution < 1.29 is 9.59 Å². The van der Waals surface area contributed by atoms with Gasteiger partial charge < -0.3 is 5.32 Å². The Balaban J connectivity index is 1.62. The lowest BCUT2D eigenvalue weighted by atomic mass is 9.69. The average molecular weight is 461 g/mol. The Morgan fingerprint density at radius 3 is 2.50 bits per heavy atom. The number of para-hydroxylation sites is 1. The zero-order valence-electron chi connectivity index (χ0n) is 17.2. The number of ketones is 1. The highest BCUT2D eigenvalue weighted by Crippen LogP contribution is 2.61. The van der Waals surface area contributed by atoms with Crippen molar-refractivity contribution in [3.05, 3.63) is 101 Å². The lowest BCUT2D eigenvalue weighted by molar-refractivity contribution is -0.127. The summed E-state index contributed by atoms with van der Waals surface area (Å²) in [6.45, 7) is 0. The van der Waals surface area contributed by atoms with Crippen LogP contribution in [0.4, 0.5) is 5.69 Å². The fourth-order valence-corrected chi connectivity index (χ4v) is 7.32. The predicted molar refractivity (Wildman–Crippen MR) is 128 cm³/mol. The monoisotopic (exact) mass is 460 g/mol. The van der Waals surface area contributed by atoms with Gasteiger partial charge in [0.05, 0.1) is 5.92 Å². The molecule has 3 aliphatic rings. The SMILES string of the molecule is O=C(c1ccccc1)[C@@H]1[C@H](c2ccc(Cl)cc2)[C@H]2CSCN2[C@@]12C(=O)Nc1ccccc12. The van der Waals surface area contributed by atoms with Crippen LogP contribution in [0.25, 0.3) is 0 Å². The second-order valence-electron chi connectivity index (χ2n) is 8.59. The number of fused-ring (bicyclic) bond motifs is 4. The molecule has 2 saturated heterocycles. The fourth-order valence-electron chi connectivity index (χ4n) is 5.87. The van der Waals surface area contributed by atoms with Gasteiger partial charge in [-0.15, -0.1) is 11.8 Å². The second-order valence-corrected chi connectivity index (χ2v) is 10.0. The molecule has 4 atom stereocenters. The Hall–Kier alpha value is -2.60. The van der Waals surface area contributed by atoms with E-state index in [1.165, 1.54) is 0 Å². The zero-order valence-corrected chi connectivity index (χ0v) is 18.8. The highest BCUT2D eigenvalue weighted by atomic mass is 35.5. The molecule has 3 aromatic rings. The van der Waals surface area contributed by atoms with Gasteiger partial charge in [0.2, 0.25) is 5.91 Å². The van der Waals surface area contributed by atoms with E-state index in [0.29, 0.717) is 10.6 Å². The predicted octanol–water partition coefficient (Wildman–Crippen LogP) is 5.16. The van der Waals surface area contributed by atoms with E-state index in [-0.39, 0.29) is 23.7 Å². The molecule has 0 radical (unpaired) electrons. The van der Waals surface area contributed by atoms with Crippen molar-refractivity contribution in [3.8, 4) is 0 Å². The summed E-state index contributed by atoms with van der Waals surface area (Å²) < 4.78 is 0. The summed E-state index contributed by atoms with van der Waals surface area (Å²) in [5.74, 6) is 0.847. The largest absolute Gasteiger partial charge is 0.324 e. The number of nitrogens with zero attached hydrogens (tertiary/aromatic N) is 1. The molecule has 0 aliphatic carbocycles. The normalized spacial score (nSPS) is 28.5. The van der Waals surface area contributed by atoms with Crippen LogP contribution in [0.5, 0.6) is 0 Å². The first-order valence-corrected chi connectivity index (χ1v) is 12.3. The maximum Gasteiger partial charge on any atom is 0.250 e. The molecule has 3 aliphatic heterocycles. The fraction of sp³-hybridized carbons (Fsp3) is 0.231. The summed E-state index contributed by atoms with van der Waals surface area (Å²) in [7, 11) is 0. The molecule has 6 rings (SSSR count). The zero-order chi connectivity index (χ0) is 21.9. The molecule has 0 saturated carbocycles. The van der Waals surface area contributed by atoms with E-state index in [1.54, 1.807) is 0 Å². The first kappa shape index (κ1) is 20.0. The van der Waals surface area contributed by atoms with Crippen molar-refractivity contribution in [1.29, 1.82) is 0 Å². The minimum Gasteiger partial charge on any atom is -0.324 e. The van der Waals surface area contributed by atoms with Crippen molar-refractivity contribution in [2.24, 2.45) is 5.92 Å². The number of nitrogens with one attached hydrogen (secondary N) is 1. The van der Waals surface area contributed by atoms with E-state index < -0.39 is 11.5 Å². The Kier molecular flexibility index (Phi) is 4.68. The molecule has 0 bridgehead atoms. The summed E-state index contributed by atoms with van der Waals surface area (Å²) in [6, 6.07) is 25.0. The molecular formula is C26H21ClN2O2S. The van der Waals surface area contributed by atoms with Crippen LogP contribution in [0.15, 0.2) is 78.9 Å². The third-order valence-corrected chi connectivity index (χ3v) is 8.41. The number of anilines is 1. The summed E-state index contributed by atoms with van der Waals surface area (Å²) in [5, 5.41) is 3.76. The lowest BCUT2D eigenvalue weighted by Gasteiger charge is -2.36. The van der Waals surface area contributed by atoms with Crippen LogP contribution >= 0.6 is 23.4 Å². The van der Waals surface area contributed by atoms with Crippen LogP contribution in [0.2, 0.25) is 5.02 Å². The number of thioether (sulfide) groups is 1. The van der Waals surface area contributed by atoms with Gasteiger partial charge in [0.25, 0.3) is 0 Å². The van der Waals surface area contributed by atoms with Crippen molar-refractivity contribution in [2.75, 3.05) is 16.9 Å². The van der Waals surface area contributed by atoms with E-state index >= 15 is 0 Å².